The summed E-state index contributed by atoms with van der Waals surface area (Å²) in [6.45, 7) is 4.07. The van der Waals surface area contributed by atoms with Gasteiger partial charge in [0, 0.05) is 24.5 Å². The molecule has 3 heteroatoms. The molecule has 2 aromatic rings. The van der Waals surface area contributed by atoms with Crippen molar-refractivity contribution in [3.63, 3.8) is 0 Å². The highest BCUT2D eigenvalue weighted by molar-refractivity contribution is 5.56. The average Bonchev–Trinajstić information content (AvgIpc) is 2.58. The molecule has 0 saturated carbocycles. The molecule has 0 amide bonds. The van der Waals surface area contributed by atoms with Crippen LogP contribution in [0.4, 0.5) is 11.4 Å². The molecule has 2 rings (SSSR count). The third kappa shape index (κ3) is 5.32. The fourth-order valence-corrected chi connectivity index (χ4v) is 2.29. The fraction of sp³-hybridized carbons (Fsp3) is 0.368. The van der Waals surface area contributed by atoms with Crippen LogP contribution in [0.3, 0.4) is 0 Å². The van der Waals surface area contributed by atoms with Crippen molar-refractivity contribution in [3.8, 4) is 5.75 Å². The number of nitrogens with one attached hydrogen (secondary N) is 2. The molecule has 2 aromatic carbocycles. The van der Waals surface area contributed by atoms with E-state index in [-0.39, 0.29) is 0 Å². The van der Waals surface area contributed by atoms with Crippen LogP contribution in [0.15, 0.2) is 48.5 Å². The number of hydrogen-bond donors (Lipinski definition) is 2. The lowest BCUT2D eigenvalue weighted by Gasteiger charge is -2.10. The summed E-state index contributed by atoms with van der Waals surface area (Å²) < 4.78 is 5.17. The molecular formula is C19H26N2O. The van der Waals surface area contributed by atoms with Gasteiger partial charge in [-0.2, -0.15) is 0 Å². The van der Waals surface area contributed by atoms with Crippen molar-refractivity contribution in [2.75, 3.05) is 24.3 Å². The summed E-state index contributed by atoms with van der Waals surface area (Å²) in [7, 11) is 1.69. The largest absolute Gasteiger partial charge is 0.497 e. The van der Waals surface area contributed by atoms with E-state index in [0.29, 0.717) is 0 Å². The van der Waals surface area contributed by atoms with Gasteiger partial charge in [0.1, 0.15) is 5.75 Å². The Labute approximate surface area is 133 Å². The minimum atomic E-state index is 0.809. The molecule has 0 aromatic heterocycles. The molecule has 0 saturated heterocycles. The van der Waals surface area contributed by atoms with Gasteiger partial charge in [-0.05, 0) is 42.3 Å². The van der Waals surface area contributed by atoms with Crippen LogP contribution in [0.25, 0.3) is 0 Å². The Bertz CT molecular complexity index is 552. The summed E-state index contributed by atoms with van der Waals surface area (Å²) in [5.74, 6) is 0.891. The maximum absolute atomic E-state index is 5.17. The molecular weight excluding hydrogens is 272 g/mol. The van der Waals surface area contributed by atoms with Gasteiger partial charge in [-0.1, -0.05) is 38.0 Å². The van der Waals surface area contributed by atoms with Gasteiger partial charge in [0.15, 0.2) is 0 Å². The topological polar surface area (TPSA) is 33.3 Å². The van der Waals surface area contributed by atoms with E-state index in [9.17, 15) is 0 Å². The third-order valence-electron chi connectivity index (χ3n) is 3.63. The van der Waals surface area contributed by atoms with Crippen LogP contribution in [-0.4, -0.2) is 13.7 Å². The first kappa shape index (κ1) is 16.2. The molecule has 0 aliphatic rings. The second kappa shape index (κ2) is 8.98. The highest BCUT2D eigenvalue weighted by atomic mass is 16.5. The minimum absolute atomic E-state index is 0.809. The molecule has 2 N–H and O–H groups in total. The Morgan fingerprint density at radius 3 is 2.32 bits per heavy atom. The summed E-state index contributed by atoms with van der Waals surface area (Å²) in [6, 6.07) is 16.6. The van der Waals surface area contributed by atoms with E-state index in [4.69, 9.17) is 4.74 Å². The van der Waals surface area contributed by atoms with E-state index in [0.717, 1.165) is 24.5 Å². The van der Waals surface area contributed by atoms with Gasteiger partial charge in [0.25, 0.3) is 0 Å². The van der Waals surface area contributed by atoms with Crippen LogP contribution in [-0.2, 0) is 6.54 Å². The zero-order valence-electron chi connectivity index (χ0n) is 13.6. The lowest BCUT2D eigenvalue weighted by Crippen LogP contribution is -2.03. The van der Waals surface area contributed by atoms with Crippen LogP contribution in [0.1, 0.15) is 31.7 Å². The summed E-state index contributed by atoms with van der Waals surface area (Å²) in [5.41, 5.74) is 3.55. The van der Waals surface area contributed by atoms with Gasteiger partial charge in [-0.3, -0.25) is 0 Å². The number of anilines is 2. The Kier molecular flexibility index (Phi) is 6.62. The van der Waals surface area contributed by atoms with Crippen molar-refractivity contribution >= 4 is 11.4 Å². The monoisotopic (exact) mass is 298 g/mol. The first-order valence-corrected chi connectivity index (χ1v) is 8.02. The predicted molar refractivity (Wildman–Crippen MR) is 94.8 cm³/mol. The van der Waals surface area contributed by atoms with Gasteiger partial charge in [0.2, 0.25) is 0 Å². The van der Waals surface area contributed by atoms with E-state index in [1.807, 2.05) is 12.1 Å². The highest BCUT2D eigenvalue weighted by Gasteiger charge is 1.97. The van der Waals surface area contributed by atoms with Crippen LogP contribution >= 0.6 is 0 Å². The van der Waals surface area contributed by atoms with Crippen molar-refractivity contribution in [1.29, 1.82) is 0 Å². The van der Waals surface area contributed by atoms with Crippen LogP contribution in [0.2, 0.25) is 0 Å². The molecule has 22 heavy (non-hydrogen) atoms. The molecule has 3 nitrogen and oxygen atoms in total. The number of hydrogen-bond acceptors (Lipinski definition) is 3. The quantitative estimate of drug-likeness (QED) is 0.645. The van der Waals surface area contributed by atoms with Crippen molar-refractivity contribution in [3.05, 3.63) is 54.1 Å². The SMILES string of the molecule is CCCCCNc1cccc(NCc2ccc(OC)cc2)c1. The van der Waals surface area contributed by atoms with Gasteiger partial charge in [-0.25, -0.2) is 0 Å². The lowest BCUT2D eigenvalue weighted by molar-refractivity contribution is 0.414. The van der Waals surface area contributed by atoms with Crippen molar-refractivity contribution < 1.29 is 4.74 Å². The number of methoxy groups -OCH3 is 1. The van der Waals surface area contributed by atoms with Gasteiger partial charge >= 0.3 is 0 Å². The van der Waals surface area contributed by atoms with Gasteiger partial charge in [0.05, 0.1) is 7.11 Å². The Balaban J connectivity index is 1.84. The average molecular weight is 298 g/mol. The second-order valence-electron chi connectivity index (χ2n) is 5.42. The summed E-state index contributed by atoms with van der Waals surface area (Å²) >= 11 is 0. The summed E-state index contributed by atoms with van der Waals surface area (Å²) in [5, 5.41) is 6.94. The molecule has 0 radical (unpaired) electrons. The number of unbranched alkanes of at least 4 members (excludes halogenated alkanes) is 2. The molecule has 0 bridgehead atoms. The lowest BCUT2D eigenvalue weighted by atomic mass is 10.2. The first-order chi connectivity index (χ1) is 10.8. The molecule has 118 valence electrons. The predicted octanol–water partition coefficient (Wildman–Crippen LogP) is 4.91. The van der Waals surface area contributed by atoms with E-state index in [1.165, 1.54) is 30.5 Å². The Morgan fingerprint density at radius 2 is 1.64 bits per heavy atom. The zero-order valence-corrected chi connectivity index (χ0v) is 13.6. The Morgan fingerprint density at radius 1 is 0.909 bits per heavy atom. The summed E-state index contributed by atoms with van der Waals surface area (Å²) in [6.07, 6.45) is 3.76. The normalized spacial score (nSPS) is 10.3. The van der Waals surface area contributed by atoms with Crippen LogP contribution in [0, 0.1) is 0 Å². The molecule has 0 aliphatic carbocycles. The molecule has 0 unspecified atom stereocenters. The standard InChI is InChI=1S/C19H26N2O/c1-3-4-5-13-20-17-7-6-8-18(14-17)21-15-16-9-11-19(22-2)12-10-16/h6-12,14,20-21H,3-5,13,15H2,1-2H3. The van der Waals surface area contributed by atoms with E-state index in [2.05, 4.69) is 54.0 Å². The highest BCUT2D eigenvalue weighted by Crippen LogP contribution is 2.17. The maximum atomic E-state index is 5.17. The van der Waals surface area contributed by atoms with Crippen LogP contribution < -0.4 is 15.4 Å². The summed E-state index contributed by atoms with van der Waals surface area (Å²) in [4.78, 5) is 0. The molecule has 0 aliphatic heterocycles. The fourth-order valence-electron chi connectivity index (χ4n) is 2.29. The minimum Gasteiger partial charge on any atom is -0.497 e. The zero-order chi connectivity index (χ0) is 15.6. The number of rotatable bonds is 9. The third-order valence-corrected chi connectivity index (χ3v) is 3.63. The van der Waals surface area contributed by atoms with Gasteiger partial charge in [-0.15, -0.1) is 0 Å². The molecule has 0 spiro atoms. The number of benzene rings is 2. The van der Waals surface area contributed by atoms with Gasteiger partial charge < -0.3 is 15.4 Å². The first-order valence-electron chi connectivity index (χ1n) is 8.02. The maximum Gasteiger partial charge on any atom is 0.118 e. The Hall–Kier alpha value is -2.16. The molecule has 0 atom stereocenters. The van der Waals surface area contributed by atoms with Crippen molar-refractivity contribution in [1.82, 2.24) is 0 Å². The smallest absolute Gasteiger partial charge is 0.118 e. The molecule has 0 fully saturated rings. The van der Waals surface area contributed by atoms with Crippen molar-refractivity contribution in [2.45, 2.75) is 32.7 Å². The van der Waals surface area contributed by atoms with E-state index in [1.54, 1.807) is 7.11 Å². The number of ether oxygens (including phenoxy) is 1. The van der Waals surface area contributed by atoms with Crippen molar-refractivity contribution in [2.24, 2.45) is 0 Å². The van der Waals surface area contributed by atoms with E-state index >= 15 is 0 Å². The molecule has 0 heterocycles. The van der Waals surface area contributed by atoms with Crippen LogP contribution in [0.5, 0.6) is 5.75 Å². The second-order valence-corrected chi connectivity index (χ2v) is 5.42. The van der Waals surface area contributed by atoms with E-state index < -0.39 is 0 Å².